The molecule has 1 saturated heterocycles. The van der Waals surface area contributed by atoms with Gasteiger partial charge in [-0.1, -0.05) is 5.16 Å². The van der Waals surface area contributed by atoms with Crippen LogP contribution < -0.4 is 5.32 Å². The summed E-state index contributed by atoms with van der Waals surface area (Å²) in [5.41, 5.74) is 0.743. The molecule has 1 aliphatic heterocycles. The van der Waals surface area contributed by atoms with Crippen LogP contribution in [0.3, 0.4) is 0 Å². The van der Waals surface area contributed by atoms with Gasteiger partial charge in [-0.25, -0.2) is 4.39 Å². The van der Waals surface area contributed by atoms with Crippen molar-refractivity contribution in [3.63, 3.8) is 0 Å². The van der Waals surface area contributed by atoms with Crippen LogP contribution in [0.15, 0.2) is 27.2 Å². The highest BCUT2D eigenvalue weighted by Gasteiger charge is 2.21. The molecule has 0 amide bonds. The zero-order valence-electron chi connectivity index (χ0n) is 10.2. The molecule has 1 atom stereocenters. The molecule has 1 aromatic carbocycles. The molecule has 1 N–H and O–H groups in total. The maximum atomic E-state index is 13.2. The minimum absolute atomic E-state index is 0.277. The molecule has 1 aliphatic rings. The highest BCUT2D eigenvalue weighted by molar-refractivity contribution is 9.10. The molecule has 2 aromatic rings. The first-order valence-corrected chi connectivity index (χ1v) is 7.03. The molecule has 0 aliphatic carbocycles. The van der Waals surface area contributed by atoms with Crippen molar-refractivity contribution in [2.75, 3.05) is 13.1 Å². The SMILES string of the molecule is Fc1ccc(-c2noc([C@@H]3CCCNC3)n2)cc1Br. The van der Waals surface area contributed by atoms with Crippen molar-refractivity contribution in [3.05, 3.63) is 34.4 Å². The van der Waals surface area contributed by atoms with E-state index < -0.39 is 0 Å². The minimum atomic E-state index is -0.302. The van der Waals surface area contributed by atoms with E-state index in [0.29, 0.717) is 16.2 Å². The Morgan fingerprint density at radius 2 is 2.32 bits per heavy atom. The van der Waals surface area contributed by atoms with Gasteiger partial charge in [0.1, 0.15) is 5.82 Å². The average molecular weight is 326 g/mol. The lowest BCUT2D eigenvalue weighted by Crippen LogP contribution is -2.28. The standard InChI is InChI=1S/C13H13BrFN3O/c14-10-6-8(3-4-11(10)15)12-17-13(19-18-12)9-2-1-5-16-7-9/h3-4,6,9,16H,1-2,5,7H2/t9-/m1/s1. The van der Waals surface area contributed by atoms with E-state index in [-0.39, 0.29) is 11.7 Å². The van der Waals surface area contributed by atoms with Gasteiger partial charge >= 0.3 is 0 Å². The Bertz CT molecular complexity index is 581. The Kier molecular flexibility index (Phi) is 3.61. The monoisotopic (exact) mass is 325 g/mol. The number of hydrogen-bond acceptors (Lipinski definition) is 4. The van der Waals surface area contributed by atoms with Crippen LogP contribution in [-0.4, -0.2) is 23.2 Å². The van der Waals surface area contributed by atoms with Gasteiger partial charge in [-0.05, 0) is 53.5 Å². The molecule has 1 aromatic heterocycles. The highest BCUT2D eigenvalue weighted by atomic mass is 79.9. The van der Waals surface area contributed by atoms with Crippen molar-refractivity contribution >= 4 is 15.9 Å². The largest absolute Gasteiger partial charge is 0.339 e. The number of benzene rings is 1. The Hall–Kier alpha value is -1.27. The summed E-state index contributed by atoms with van der Waals surface area (Å²) in [4.78, 5) is 4.41. The smallest absolute Gasteiger partial charge is 0.231 e. The molecule has 0 radical (unpaired) electrons. The van der Waals surface area contributed by atoms with Crippen molar-refractivity contribution in [2.24, 2.45) is 0 Å². The number of nitrogens with one attached hydrogen (secondary N) is 1. The van der Waals surface area contributed by atoms with Crippen LogP contribution in [0.5, 0.6) is 0 Å². The van der Waals surface area contributed by atoms with Gasteiger partial charge in [0.2, 0.25) is 11.7 Å². The summed E-state index contributed by atoms with van der Waals surface area (Å²) in [6, 6.07) is 4.69. The Balaban J connectivity index is 1.85. The summed E-state index contributed by atoms with van der Waals surface area (Å²) in [5.74, 6) is 1.13. The molecular formula is C13H13BrFN3O. The first kappa shape index (κ1) is 12.7. The molecule has 1 fully saturated rings. The minimum Gasteiger partial charge on any atom is -0.339 e. The fraction of sp³-hybridized carbons (Fsp3) is 0.385. The Labute approximate surface area is 118 Å². The number of rotatable bonds is 2. The van der Waals surface area contributed by atoms with Crippen LogP contribution in [0, 0.1) is 5.82 Å². The van der Waals surface area contributed by atoms with Gasteiger partial charge in [-0.2, -0.15) is 4.98 Å². The van der Waals surface area contributed by atoms with Crippen molar-refractivity contribution in [1.29, 1.82) is 0 Å². The molecule has 0 spiro atoms. The first-order valence-electron chi connectivity index (χ1n) is 6.24. The molecule has 0 bridgehead atoms. The zero-order chi connectivity index (χ0) is 13.2. The third-order valence-corrected chi connectivity index (χ3v) is 3.87. The predicted molar refractivity (Wildman–Crippen MR) is 72.2 cm³/mol. The fourth-order valence-electron chi connectivity index (χ4n) is 2.22. The lowest BCUT2D eigenvalue weighted by Gasteiger charge is -2.18. The number of nitrogens with zero attached hydrogens (tertiary/aromatic N) is 2. The van der Waals surface area contributed by atoms with Gasteiger partial charge in [0.25, 0.3) is 0 Å². The molecule has 3 rings (SSSR count). The summed E-state index contributed by atoms with van der Waals surface area (Å²) in [6.45, 7) is 1.91. The summed E-state index contributed by atoms with van der Waals surface area (Å²) in [6.07, 6.45) is 2.17. The van der Waals surface area contributed by atoms with Gasteiger partial charge in [0.15, 0.2) is 0 Å². The molecule has 2 heterocycles. The third kappa shape index (κ3) is 2.69. The molecule has 19 heavy (non-hydrogen) atoms. The van der Waals surface area contributed by atoms with E-state index >= 15 is 0 Å². The number of aromatic nitrogens is 2. The number of halogens is 2. The maximum absolute atomic E-state index is 13.2. The topological polar surface area (TPSA) is 51.0 Å². The van der Waals surface area contributed by atoms with E-state index in [2.05, 4.69) is 31.4 Å². The second-order valence-corrected chi connectivity index (χ2v) is 5.48. The summed E-state index contributed by atoms with van der Waals surface area (Å²) in [5, 5.41) is 7.29. The van der Waals surface area contributed by atoms with E-state index in [1.165, 1.54) is 6.07 Å². The highest BCUT2D eigenvalue weighted by Crippen LogP contribution is 2.26. The predicted octanol–water partition coefficient (Wildman–Crippen LogP) is 3.11. The molecule has 0 unspecified atom stereocenters. The number of piperidine rings is 1. The van der Waals surface area contributed by atoms with Gasteiger partial charge in [-0.15, -0.1) is 0 Å². The van der Waals surface area contributed by atoms with E-state index in [1.807, 2.05) is 0 Å². The summed E-state index contributed by atoms with van der Waals surface area (Å²) in [7, 11) is 0. The lowest BCUT2D eigenvalue weighted by atomic mass is 10.00. The van der Waals surface area contributed by atoms with E-state index in [9.17, 15) is 4.39 Å². The summed E-state index contributed by atoms with van der Waals surface area (Å²) < 4.78 is 18.9. The quantitative estimate of drug-likeness (QED) is 0.921. The van der Waals surface area contributed by atoms with Crippen LogP contribution in [-0.2, 0) is 0 Å². The van der Waals surface area contributed by atoms with Crippen LogP contribution in [0.4, 0.5) is 4.39 Å². The fourth-order valence-corrected chi connectivity index (χ4v) is 2.59. The summed E-state index contributed by atoms with van der Waals surface area (Å²) >= 11 is 3.16. The van der Waals surface area contributed by atoms with E-state index in [4.69, 9.17) is 4.52 Å². The number of hydrogen-bond donors (Lipinski definition) is 1. The second kappa shape index (κ2) is 5.38. The molecule has 4 nitrogen and oxygen atoms in total. The van der Waals surface area contributed by atoms with Crippen molar-refractivity contribution in [1.82, 2.24) is 15.5 Å². The zero-order valence-corrected chi connectivity index (χ0v) is 11.8. The average Bonchev–Trinajstić information content (AvgIpc) is 2.93. The van der Waals surface area contributed by atoms with Crippen molar-refractivity contribution in [3.8, 4) is 11.4 Å². The van der Waals surface area contributed by atoms with Gasteiger partial charge in [-0.3, -0.25) is 0 Å². The first-order chi connectivity index (χ1) is 9.24. The van der Waals surface area contributed by atoms with E-state index in [1.54, 1.807) is 12.1 Å². The van der Waals surface area contributed by atoms with Crippen molar-refractivity contribution < 1.29 is 8.91 Å². The van der Waals surface area contributed by atoms with Crippen LogP contribution >= 0.6 is 15.9 Å². The molecule has 100 valence electrons. The van der Waals surface area contributed by atoms with Crippen LogP contribution in [0.1, 0.15) is 24.7 Å². The van der Waals surface area contributed by atoms with E-state index in [0.717, 1.165) is 31.5 Å². The maximum Gasteiger partial charge on any atom is 0.231 e. The van der Waals surface area contributed by atoms with Gasteiger partial charge in [0, 0.05) is 12.1 Å². The Morgan fingerprint density at radius 1 is 1.42 bits per heavy atom. The van der Waals surface area contributed by atoms with Crippen LogP contribution in [0.25, 0.3) is 11.4 Å². The molecule has 6 heteroatoms. The normalized spacial score (nSPS) is 19.6. The third-order valence-electron chi connectivity index (χ3n) is 3.27. The molecular weight excluding hydrogens is 313 g/mol. The van der Waals surface area contributed by atoms with Gasteiger partial charge in [0.05, 0.1) is 10.4 Å². The Morgan fingerprint density at radius 3 is 3.05 bits per heavy atom. The van der Waals surface area contributed by atoms with Crippen molar-refractivity contribution in [2.45, 2.75) is 18.8 Å². The molecule has 0 saturated carbocycles. The van der Waals surface area contributed by atoms with Gasteiger partial charge < -0.3 is 9.84 Å². The van der Waals surface area contributed by atoms with Crippen LogP contribution in [0.2, 0.25) is 0 Å². The lowest BCUT2D eigenvalue weighted by molar-refractivity contribution is 0.322. The second-order valence-electron chi connectivity index (χ2n) is 4.63.